The molecule has 0 saturated carbocycles. The molecular weight excluding hydrogens is 499 g/mol. The summed E-state index contributed by atoms with van der Waals surface area (Å²) in [5, 5.41) is 0.570. The third-order valence-corrected chi connectivity index (χ3v) is 6.31. The van der Waals surface area contributed by atoms with Gasteiger partial charge < -0.3 is 18.6 Å². The fourth-order valence-electron chi connectivity index (χ4n) is 4.38. The van der Waals surface area contributed by atoms with Crippen LogP contribution in [0.5, 0.6) is 17.2 Å². The van der Waals surface area contributed by atoms with E-state index in [1.54, 1.807) is 43.3 Å². The van der Waals surface area contributed by atoms with E-state index in [-0.39, 0.29) is 34.4 Å². The number of ketones is 1. The average Bonchev–Trinajstić information content (AvgIpc) is 3.43. The lowest BCUT2D eigenvalue weighted by molar-refractivity contribution is 0.0734. The molecule has 2 heterocycles. The summed E-state index contributed by atoms with van der Waals surface area (Å²) < 4.78 is 36.3. The minimum atomic E-state index is -0.613. The summed E-state index contributed by atoms with van der Waals surface area (Å²) >= 11 is 0. The van der Waals surface area contributed by atoms with Gasteiger partial charge >= 0.3 is 5.97 Å². The Balaban J connectivity index is 1.21. The van der Waals surface area contributed by atoms with Crippen molar-refractivity contribution in [3.8, 4) is 17.2 Å². The van der Waals surface area contributed by atoms with Gasteiger partial charge in [-0.1, -0.05) is 42.5 Å². The standard InChI is InChI=1S/C32H21FO6/c1-19-30(26-16-23(12-14-27(26)37-19)36-18-21-5-3-2-4-6-21)32(35)38-24-11-13-25-28(17-24)39-29(31(25)34)15-20-7-9-22(33)10-8-20/h2-17H,18H2,1H3/b29-15-. The molecule has 1 aliphatic rings. The summed E-state index contributed by atoms with van der Waals surface area (Å²) in [6, 6.07) is 25.3. The molecule has 4 aromatic carbocycles. The number of hydrogen-bond acceptors (Lipinski definition) is 6. The van der Waals surface area contributed by atoms with Crippen LogP contribution in [0.2, 0.25) is 0 Å². The fourth-order valence-corrected chi connectivity index (χ4v) is 4.38. The smallest absolute Gasteiger partial charge is 0.347 e. The summed E-state index contributed by atoms with van der Waals surface area (Å²) in [6.07, 6.45) is 1.53. The highest BCUT2D eigenvalue weighted by Gasteiger charge is 2.28. The first-order valence-electron chi connectivity index (χ1n) is 12.2. The Morgan fingerprint density at radius 1 is 0.923 bits per heavy atom. The number of rotatable bonds is 6. The number of esters is 1. The summed E-state index contributed by atoms with van der Waals surface area (Å²) in [4.78, 5) is 26.0. The minimum Gasteiger partial charge on any atom is -0.489 e. The van der Waals surface area contributed by atoms with E-state index in [2.05, 4.69) is 0 Å². The fraction of sp³-hybridized carbons (Fsp3) is 0.0625. The number of fused-ring (bicyclic) bond motifs is 2. The predicted molar refractivity (Wildman–Crippen MR) is 142 cm³/mol. The third-order valence-electron chi connectivity index (χ3n) is 6.31. The molecule has 0 spiro atoms. The van der Waals surface area contributed by atoms with Crippen LogP contribution in [0.3, 0.4) is 0 Å². The van der Waals surface area contributed by atoms with Crippen molar-refractivity contribution in [1.29, 1.82) is 0 Å². The lowest BCUT2D eigenvalue weighted by atomic mass is 10.1. The van der Waals surface area contributed by atoms with Gasteiger partial charge in [0, 0.05) is 11.5 Å². The number of benzene rings is 4. The van der Waals surface area contributed by atoms with Crippen LogP contribution in [0.15, 0.2) is 101 Å². The zero-order valence-electron chi connectivity index (χ0n) is 20.8. The maximum atomic E-state index is 13.2. The molecule has 0 N–H and O–H groups in total. The predicted octanol–water partition coefficient (Wildman–Crippen LogP) is 7.29. The van der Waals surface area contributed by atoms with Gasteiger partial charge in [0.1, 0.15) is 46.6 Å². The topological polar surface area (TPSA) is 75.0 Å². The molecular formula is C32H21FO6. The van der Waals surface area contributed by atoms with Gasteiger partial charge in [0.05, 0.1) is 5.56 Å². The zero-order chi connectivity index (χ0) is 26.9. The minimum absolute atomic E-state index is 0.0970. The van der Waals surface area contributed by atoms with E-state index in [1.165, 1.54) is 30.3 Å². The van der Waals surface area contributed by atoms with Gasteiger partial charge in [-0.15, -0.1) is 0 Å². The first-order valence-corrected chi connectivity index (χ1v) is 12.2. The SMILES string of the molecule is Cc1oc2ccc(OCc3ccccc3)cc2c1C(=O)Oc1ccc2c(c1)O/C(=C\c1ccc(F)cc1)C2=O. The number of furan rings is 1. The monoisotopic (exact) mass is 520 g/mol. The number of carbonyl (C=O) groups is 2. The van der Waals surface area contributed by atoms with Crippen LogP contribution in [-0.4, -0.2) is 11.8 Å². The molecule has 0 unspecified atom stereocenters. The second kappa shape index (κ2) is 9.95. The zero-order valence-corrected chi connectivity index (χ0v) is 20.8. The first-order chi connectivity index (χ1) is 18.9. The second-order valence-corrected chi connectivity index (χ2v) is 9.00. The highest BCUT2D eigenvalue weighted by molar-refractivity contribution is 6.14. The van der Waals surface area contributed by atoms with Crippen molar-refractivity contribution >= 4 is 28.8 Å². The van der Waals surface area contributed by atoms with Crippen LogP contribution in [0.4, 0.5) is 4.39 Å². The van der Waals surface area contributed by atoms with E-state index in [0.717, 1.165) is 5.56 Å². The van der Waals surface area contributed by atoms with Crippen molar-refractivity contribution in [1.82, 2.24) is 0 Å². The molecule has 192 valence electrons. The highest BCUT2D eigenvalue weighted by atomic mass is 19.1. The van der Waals surface area contributed by atoms with Crippen molar-refractivity contribution in [2.45, 2.75) is 13.5 Å². The van der Waals surface area contributed by atoms with E-state index < -0.39 is 5.97 Å². The Kier molecular flexibility index (Phi) is 6.17. The van der Waals surface area contributed by atoms with Crippen molar-refractivity contribution in [3.63, 3.8) is 0 Å². The molecule has 39 heavy (non-hydrogen) atoms. The maximum absolute atomic E-state index is 13.2. The van der Waals surface area contributed by atoms with Crippen molar-refractivity contribution in [2.75, 3.05) is 0 Å². The third kappa shape index (κ3) is 4.90. The van der Waals surface area contributed by atoms with E-state index >= 15 is 0 Å². The van der Waals surface area contributed by atoms with E-state index in [1.807, 2.05) is 30.3 Å². The van der Waals surface area contributed by atoms with E-state index in [9.17, 15) is 14.0 Å². The maximum Gasteiger partial charge on any atom is 0.347 e. The second-order valence-electron chi connectivity index (χ2n) is 9.00. The Morgan fingerprint density at radius 3 is 2.49 bits per heavy atom. The average molecular weight is 521 g/mol. The molecule has 0 atom stereocenters. The van der Waals surface area contributed by atoms with Crippen LogP contribution in [-0.2, 0) is 6.61 Å². The van der Waals surface area contributed by atoms with Crippen LogP contribution < -0.4 is 14.2 Å². The number of halogens is 1. The number of hydrogen-bond donors (Lipinski definition) is 0. The summed E-state index contributed by atoms with van der Waals surface area (Å²) in [5.41, 5.74) is 2.80. The molecule has 0 bridgehead atoms. The number of Topliss-reactive ketones (excluding diaryl/α,β-unsaturated/α-hetero) is 1. The molecule has 7 heteroatoms. The molecule has 0 saturated heterocycles. The number of carbonyl (C=O) groups excluding carboxylic acids is 2. The van der Waals surface area contributed by atoms with Gasteiger partial charge in [0.15, 0.2) is 5.76 Å². The highest BCUT2D eigenvalue weighted by Crippen LogP contribution is 2.36. The molecule has 1 aromatic heterocycles. The number of allylic oxidation sites excluding steroid dienone is 1. The van der Waals surface area contributed by atoms with Gasteiger partial charge in [0.2, 0.25) is 5.78 Å². The quantitative estimate of drug-likeness (QED) is 0.133. The largest absolute Gasteiger partial charge is 0.489 e. The van der Waals surface area contributed by atoms with Gasteiger partial charge in [-0.05, 0) is 66.6 Å². The van der Waals surface area contributed by atoms with Gasteiger partial charge in [-0.2, -0.15) is 0 Å². The van der Waals surface area contributed by atoms with Crippen LogP contribution >= 0.6 is 0 Å². The Bertz CT molecular complexity index is 1750. The molecule has 0 fully saturated rings. The summed E-state index contributed by atoms with van der Waals surface area (Å²) in [5.74, 6) is 0.272. The molecule has 0 aliphatic carbocycles. The van der Waals surface area contributed by atoms with Crippen LogP contribution in [0.25, 0.3) is 17.0 Å². The van der Waals surface area contributed by atoms with Gasteiger partial charge in [-0.25, -0.2) is 9.18 Å². The number of ether oxygens (including phenoxy) is 3. The lowest BCUT2D eigenvalue weighted by Gasteiger charge is -2.07. The molecule has 0 amide bonds. The van der Waals surface area contributed by atoms with Gasteiger partial charge in [-0.3, -0.25) is 4.79 Å². The number of aryl methyl sites for hydroxylation is 1. The van der Waals surface area contributed by atoms with Crippen molar-refractivity contribution in [3.05, 3.63) is 131 Å². The first kappa shape index (κ1) is 24.2. The van der Waals surface area contributed by atoms with Crippen LogP contribution in [0.1, 0.15) is 37.6 Å². The normalized spacial score (nSPS) is 13.4. The van der Waals surface area contributed by atoms with Crippen molar-refractivity contribution in [2.24, 2.45) is 0 Å². The molecule has 6 nitrogen and oxygen atoms in total. The molecule has 1 aliphatic heterocycles. The Labute approximate surface area is 222 Å². The molecule has 6 rings (SSSR count). The van der Waals surface area contributed by atoms with E-state index in [0.29, 0.717) is 40.2 Å². The summed E-state index contributed by atoms with van der Waals surface area (Å²) in [7, 11) is 0. The lowest BCUT2D eigenvalue weighted by Crippen LogP contribution is -2.09. The van der Waals surface area contributed by atoms with E-state index in [4.69, 9.17) is 18.6 Å². The van der Waals surface area contributed by atoms with Crippen molar-refractivity contribution < 1.29 is 32.6 Å². The molecule has 0 radical (unpaired) electrons. The molecule has 5 aromatic rings. The van der Waals surface area contributed by atoms with Crippen LogP contribution in [0, 0.1) is 12.7 Å². The Hall–Kier alpha value is -5.17. The van der Waals surface area contributed by atoms with Gasteiger partial charge in [0.25, 0.3) is 0 Å². The Morgan fingerprint density at radius 2 is 1.69 bits per heavy atom. The summed E-state index contributed by atoms with van der Waals surface area (Å²) in [6.45, 7) is 2.08.